The molecule has 2 aromatic rings. The molecule has 1 aliphatic heterocycles. The van der Waals surface area contributed by atoms with Crippen LogP contribution in [0, 0.1) is 5.92 Å². The first-order valence-electron chi connectivity index (χ1n) is 10.0. The lowest BCUT2D eigenvalue weighted by Gasteiger charge is -2.31. The molecule has 1 aromatic heterocycles. The SMILES string of the molecule is CCCCCN1CCC(C(=O)Nc2ccc([S+](=O)([O-])Nc3nccs3)cc2)CC1. The number of rotatable bonds is 9. The Morgan fingerprint density at radius 3 is 2.62 bits per heavy atom. The second-order valence-corrected chi connectivity index (χ2v) is 9.86. The Labute approximate surface area is 177 Å². The van der Waals surface area contributed by atoms with Gasteiger partial charge in [0.2, 0.25) is 11.0 Å². The predicted octanol–water partition coefficient (Wildman–Crippen LogP) is 4.00. The number of carbonyl (C=O) groups excluding carboxylic acids is 1. The van der Waals surface area contributed by atoms with Crippen molar-refractivity contribution in [1.29, 1.82) is 0 Å². The van der Waals surface area contributed by atoms with Gasteiger partial charge in [0, 0.05) is 23.2 Å². The summed E-state index contributed by atoms with van der Waals surface area (Å²) >= 11 is 1.22. The molecule has 1 amide bonds. The molecular formula is C20H28N4O3S2. The lowest BCUT2D eigenvalue weighted by molar-refractivity contribution is -0.121. The Kier molecular flexibility index (Phi) is 7.77. The lowest BCUT2D eigenvalue weighted by atomic mass is 9.95. The van der Waals surface area contributed by atoms with E-state index in [0.717, 1.165) is 32.5 Å². The number of unbranched alkanes of at least 4 members (excludes halogenated alkanes) is 2. The molecule has 7 nitrogen and oxygen atoms in total. The van der Waals surface area contributed by atoms with Crippen LogP contribution in [-0.4, -0.2) is 40.0 Å². The molecule has 1 atom stereocenters. The van der Waals surface area contributed by atoms with Crippen LogP contribution in [0.5, 0.6) is 0 Å². The van der Waals surface area contributed by atoms with E-state index in [1.54, 1.807) is 17.5 Å². The van der Waals surface area contributed by atoms with E-state index in [2.05, 4.69) is 26.8 Å². The summed E-state index contributed by atoms with van der Waals surface area (Å²) in [4.78, 5) is 19.1. The molecule has 0 aliphatic carbocycles. The minimum atomic E-state index is -3.69. The van der Waals surface area contributed by atoms with Crippen LogP contribution in [0.3, 0.4) is 0 Å². The summed E-state index contributed by atoms with van der Waals surface area (Å²) in [6, 6.07) is 6.21. The van der Waals surface area contributed by atoms with Crippen molar-refractivity contribution < 1.29 is 13.6 Å². The van der Waals surface area contributed by atoms with E-state index in [-0.39, 0.29) is 16.7 Å². The lowest BCUT2D eigenvalue weighted by Crippen LogP contribution is -2.38. The molecular weight excluding hydrogens is 408 g/mol. The minimum absolute atomic E-state index is 0.00686. The highest BCUT2D eigenvalue weighted by Crippen LogP contribution is 2.24. The molecule has 3 rings (SSSR count). The number of anilines is 2. The van der Waals surface area contributed by atoms with Crippen LogP contribution >= 0.6 is 11.3 Å². The Hall–Kier alpha value is -1.81. The van der Waals surface area contributed by atoms with E-state index in [1.807, 2.05) is 0 Å². The molecule has 2 N–H and O–H groups in total. The van der Waals surface area contributed by atoms with Crippen molar-refractivity contribution in [1.82, 2.24) is 9.88 Å². The maximum atomic E-state index is 12.6. The zero-order valence-corrected chi connectivity index (χ0v) is 18.3. The van der Waals surface area contributed by atoms with Gasteiger partial charge in [-0.05, 0) is 63.2 Å². The van der Waals surface area contributed by atoms with Crippen molar-refractivity contribution in [2.24, 2.45) is 5.92 Å². The topological polar surface area (TPSA) is 97.4 Å². The minimum Gasteiger partial charge on any atom is -0.588 e. The third-order valence-electron chi connectivity index (χ3n) is 5.12. The van der Waals surface area contributed by atoms with Crippen molar-refractivity contribution >= 4 is 38.5 Å². The summed E-state index contributed by atoms with van der Waals surface area (Å²) in [5.41, 5.74) is 0.605. The van der Waals surface area contributed by atoms with Crippen molar-refractivity contribution in [2.75, 3.05) is 29.7 Å². The highest BCUT2D eigenvalue weighted by Gasteiger charge is 2.25. The first kappa shape index (κ1) is 21.9. The van der Waals surface area contributed by atoms with Crippen LogP contribution in [0.25, 0.3) is 0 Å². The maximum Gasteiger partial charge on any atom is 0.227 e. The monoisotopic (exact) mass is 436 g/mol. The highest BCUT2D eigenvalue weighted by atomic mass is 32.3. The quantitative estimate of drug-likeness (QED) is 0.457. The molecule has 1 saturated heterocycles. The highest BCUT2D eigenvalue weighted by molar-refractivity contribution is 7.99. The average molecular weight is 437 g/mol. The fourth-order valence-corrected chi connectivity index (χ4v) is 5.20. The fourth-order valence-electron chi connectivity index (χ4n) is 3.41. The van der Waals surface area contributed by atoms with Crippen LogP contribution in [0.4, 0.5) is 10.8 Å². The van der Waals surface area contributed by atoms with E-state index >= 15 is 0 Å². The number of carbonyl (C=O) groups is 1. The smallest absolute Gasteiger partial charge is 0.227 e. The molecule has 29 heavy (non-hydrogen) atoms. The Balaban J connectivity index is 1.49. The number of nitrogens with one attached hydrogen (secondary N) is 2. The molecule has 1 unspecified atom stereocenters. The largest absolute Gasteiger partial charge is 0.588 e. The second-order valence-electron chi connectivity index (χ2n) is 7.28. The van der Waals surface area contributed by atoms with Crippen molar-refractivity contribution in [3.05, 3.63) is 35.8 Å². The van der Waals surface area contributed by atoms with Crippen LogP contribution in [-0.2, 0) is 19.4 Å². The number of benzene rings is 1. The molecule has 2 heterocycles. The first-order valence-corrected chi connectivity index (χ1v) is 12.4. The molecule has 0 spiro atoms. The van der Waals surface area contributed by atoms with Gasteiger partial charge >= 0.3 is 0 Å². The van der Waals surface area contributed by atoms with Gasteiger partial charge in [0.1, 0.15) is 0 Å². The van der Waals surface area contributed by atoms with Crippen molar-refractivity contribution in [3.8, 4) is 0 Å². The van der Waals surface area contributed by atoms with Gasteiger partial charge in [-0.15, -0.1) is 11.3 Å². The Morgan fingerprint density at radius 1 is 1.28 bits per heavy atom. The van der Waals surface area contributed by atoms with Gasteiger partial charge in [0.25, 0.3) is 0 Å². The summed E-state index contributed by atoms with van der Waals surface area (Å²) in [6.45, 7) is 5.24. The Morgan fingerprint density at radius 2 is 2.00 bits per heavy atom. The molecule has 1 aliphatic rings. The van der Waals surface area contributed by atoms with Crippen LogP contribution in [0.15, 0.2) is 40.7 Å². The first-order chi connectivity index (χ1) is 14.0. The van der Waals surface area contributed by atoms with Gasteiger partial charge in [-0.25, -0.2) is 4.98 Å². The summed E-state index contributed by atoms with van der Waals surface area (Å²) < 4.78 is 27.2. The van der Waals surface area contributed by atoms with E-state index in [0.29, 0.717) is 10.8 Å². The van der Waals surface area contributed by atoms with E-state index in [9.17, 15) is 13.6 Å². The molecule has 9 heteroatoms. The van der Waals surface area contributed by atoms with Crippen molar-refractivity contribution in [3.63, 3.8) is 0 Å². The fraction of sp³-hybridized carbons (Fsp3) is 0.500. The molecule has 1 fully saturated rings. The van der Waals surface area contributed by atoms with E-state index in [1.165, 1.54) is 48.9 Å². The number of hydrogen-bond acceptors (Lipinski definition) is 6. The predicted molar refractivity (Wildman–Crippen MR) is 117 cm³/mol. The molecule has 0 saturated carbocycles. The number of hydrogen-bond donors (Lipinski definition) is 2. The molecule has 0 bridgehead atoms. The number of piperidine rings is 1. The summed E-state index contributed by atoms with van der Waals surface area (Å²) in [7, 11) is -3.69. The third-order valence-corrected chi connectivity index (χ3v) is 7.29. The number of amides is 1. The number of sulfonamides is 1. The molecule has 1 aromatic carbocycles. The van der Waals surface area contributed by atoms with Crippen LogP contribution < -0.4 is 10.0 Å². The molecule has 0 radical (unpaired) electrons. The number of thiazole rings is 1. The van der Waals surface area contributed by atoms with Gasteiger partial charge in [-0.3, -0.25) is 4.79 Å². The third kappa shape index (κ3) is 6.33. The Bertz CT molecular complexity index is 819. The standard InChI is InChI=1S/C20H28N4O3S2/c1-2-3-4-12-24-13-9-16(10-14-24)19(25)22-17-5-7-18(8-6-17)29(26,27)23-20-21-11-15-28-20/h5-8,11,15-16H,2-4,9-10,12-14H2,1H3,(H2-,21,22,23,25,26,27). The van der Waals surface area contributed by atoms with Crippen LogP contribution in [0.1, 0.15) is 39.0 Å². The number of nitrogens with zero attached hydrogens (tertiary/aromatic N) is 2. The summed E-state index contributed by atoms with van der Waals surface area (Å²) in [6.07, 6.45) is 6.96. The zero-order chi connectivity index (χ0) is 20.7. The summed E-state index contributed by atoms with van der Waals surface area (Å²) in [5, 5.41) is 4.94. The van der Waals surface area contributed by atoms with Gasteiger partial charge in [-0.2, -0.15) is 4.72 Å². The van der Waals surface area contributed by atoms with Gasteiger partial charge in [-0.1, -0.05) is 24.0 Å². The van der Waals surface area contributed by atoms with Crippen molar-refractivity contribution in [2.45, 2.75) is 43.9 Å². The average Bonchev–Trinajstić information content (AvgIpc) is 3.21. The van der Waals surface area contributed by atoms with E-state index in [4.69, 9.17) is 0 Å². The zero-order valence-electron chi connectivity index (χ0n) is 16.6. The van der Waals surface area contributed by atoms with Gasteiger partial charge in [0.05, 0.1) is 0 Å². The van der Waals surface area contributed by atoms with E-state index < -0.39 is 10.4 Å². The normalized spacial score (nSPS) is 17.6. The van der Waals surface area contributed by atoms with Crippen LogP contribution in [0.2, 0.25) is 0 Å². The second kappa shape index (κ2) is 10.3. The van der Waals surface area contributed by atoms with Gasteiger partial charge < -0.3 is 14.8 Å². The number of aromatic nitrogens is 1. The number of likely N-dealkylation sites (tertiary alicyclic amines) is 1. The van der Waals surface area contributed by atoms with Gasteiger partial charge in [0.15, 0.2) is 15.3 Å². The summed E-state index contributed by atoms with van der Waals surface area (Å²) in [5.74, 6) is 0.0159. The molecule has 158 valence electrons. The maximum absolute atomic E-state index is 12.6.